The molecule has 0 bridgehead atoms. The largest absolute Gasteiger partial charge is 0.375 e. The van der Waals surface area contributed by atoms with Crippen LogP contribution in [0.2, 0.25) is 0 Å². The van der Waals surface area contributed by atoms with E-state index in [1.165, 1.54) is 0 Å². The van der Waals surface area contributed by atoms with Gasteiger partial charge in [0.2, 0.25) is 5.91 Å². The van der Waals surface area contributed by atoms with E-state index in [1.807, 2.05) is 13.0 Å². The van der Waals surface area contributed by atoms with Crippen LogP contribution in [0.3, 0.4) is 0 Å². The van der Waals surface area contributed by atoms with Crippen molar-refractivity contribution >= 4 is 5.91 Å². The molecule has 0 radical (unpaired) electrons. The van der Waals surface area contributed by atoms with Gasteiger partial charge in [0.1, 0.15) is 5.69 Å². The molecular formula is C17H20N4O3. The minimum Gasteiger partial charge on any atom is -0.375 e. The highest BCUT2D eigenvalue weighted by Crippen LogP contribution is 2.12. The number of hydrogen-bond donors (Lipinski definition) is 1. The zero-order valence-electron chi connectivity index (χ0n) is 13.8. The first kappa shape index (κ1) is 16.3. The van der Waals surface area contributed by atoms with Gasteiger partial charge in [0.05, 0.1) is 19.1 Å². The van der Waals surface area contributed by atoms with Crippen LogP contribution in [0, 0.1) is 6.92 Å². The van der Waals surface area contributed by atoms with E-state index in [2.05, 4.69) is 15.0 Å². The minimum atomic E-state index is -0.294. The maximum absolute atomic E-state index is 12.4. The fourth-order valence-corrected chi connectivity index (χ4v) is 2.75. The number of nitrogens with zero attached hydrogens (tertiary/aromatic N) is 3. The summed E-state index contributed by atoms with van der Waals surface area (Å²) in [6.45, 7) is 5.31. The van der Waals surface area contributed by atoms with Crippen molar-refractivity contribution in [2.24, 2.45) is 0 Å². The molecule has 2 aromatic rings. The average Bonchev–Trinajstić information content (AvgIpc) is 2.58. The van der Waals surface area contributed by atoms with E-state index >= 15 is 0 Å². The SMILES string of the molecule is Cc1nc(-c2ccccn2)[nH]c(=O)c1CC(=O)N1CCO[C@@H](C)C1. The highest BCUT2D eigenvalue weighted by molar-refractivity contribution is 5.79. The van der Waals surface area contributed by atoms with Gasteiger partial charge in [0.25, 0.3) is 5.56 Å². The van der Waals surface area contributed by atoms with Gasteiger partial charge in [-0.3, -0.25) is 14.6 Å². The molecule has 126 valence electrons. The molecule has 7 heteroatoms. The van der Waals surface area contributed by atoms with Gasteiger partial charge in [-0.25, -0.2) is 4.98 Å². The number of nitrogens with one attached hydrogen (secondary N) is 1. The monoisotopic (exact) mass is 328 g/mol. The first-order valence-electron chi connectivity index (χ1n) is 7.95. The Morgan fingerprint density at radius 3 is 2.96 bits per heavy atom. The first-order valence-corrected chi connectivity index (χ1v) is 7.95. The molecule has 1 aliphatic rings. The van der Waals surface area contributed by atoms with Crippen molar-refractivity contribution in [1.29, 1.82) is 0 Å². The Bertz CT molecular complexity index is 788. The summed E-state index contributed by atoms with van der Waals surface area (Å²) >= 11 is 0. The van der Waals surface area contributed by atoms with Gasteiger partial charge < -0.3 is 14.6 Å². The lowest BCUT2D eigenvalue weighted by atomic mass is 10.1. The number of H-pyrrole nitrogens is 1. The molecule has 0 unspecified atom stereocenters. The van der Waals surface area contributed by atoms with Crippen LogP contribution in [0.15, 0.2) is 29.2 Å². The number of carbonyl (C=O) groups excluding carboxylic acids is 1. The summed E-state index contributed by atoms with van der Waals surface area (Å²) in [5.74, 6) is 0.334. The molecule has 3 rings (SSSR count). The maximum atomic E-state index is 12.4. The first-order chi connectivity index (χ1) is 11.5. The highest BCUT2D eigenvalue weighted by Gasteiger charge is 2.23. The number of pyridine rings is 1. The second kappa shape index (κ2) is 6.92. The predicted molar refractivity (Wildman–Crippen MR) is 88.5 cm³/mol. The van der Waals surface area contributed by atoms with Crippen LogP contribution in [-0.2, 0) is 16.0 Å². The summed E-state index contributed by atoms with van der Waals surface area (Å²) in [5.41, 5.74) is 1.25. The molecule has 24 heavy (non-hydrogen) atoms. The Morgan fingerprint density at radius 2 is 2.29 bits per heavy atom. The zero-order valence-corrected chi connectivity index (χ0v) is 13.8. The fraction of sp³-hybridized carbons (Fsp3) is 0.412. The Hall–Kier alpha value is -2.54. The Balaban J connectivity index is 1.82. The molecule has 1 N–H and O–H groups in total. The lowest BCUT2D eigenvalue weighted by Gasteiger charge is -2.31. The molecule has 1 aliphatic heterocycles. The molecule has 0 saturated carbocycles. The third-order valence-corrected chi connectivity index (χ3v) is 4.05. The topological polar surface area (TPSA) is 88.2 Å². The van der Waals surface area contributed by atoms with Gasteiger partial charge in [0.15, 0.2) is 5.82 Å². The summed E-state index contributed by atoms with van der Waals surface area (Å²) < 4.78 is 5.44. The molecular weight excluding hydrogens is 308 g/mol. The van der Waals surface area contributed by atoms with Gasteiger partial charge in [0, 0.05) is 30.5 Å². The number of ether oxygens (including phenoxy) is 1. The van der Waals surface area contributed by atoms with Crippen molar-refractivity contribution in [2.75, 3.05) is 19.7 Å². The van der Waals surface area contributed by atoms with Crippen LogP contribution in [0.25, 0.3) is 11.5 Å². The number of amides is 1. The van der Waals surface area contributed by atoms with Gasteiger partial charge >= 0.3 is 0 Å². The van der Waals surface area contributed by atoms with Gasteiger partial charge in [-0.2, -0.15) is 0 Å². The molecule has 1 fully saturated rings. The van der Waals surface area contributed by atoms with Crippen LogP contribution in [0.4, 0.5) is 0 Å². The molecule has 1 saturated heterocycles. The van der Waals surface area contributed by atoms with E-state index in [9.17, 15) is 9.59 Å². The summed E-state index contributed by atoms with van der Waals surface area (Å²) in [6.07, 6.45) is 1.71. The Labute approximate surface area is 139 Å². The van der Waals surface area contributed by atoms with E-state index < -0.39 is 0 Å². The number of aromatic nitrogens is 3. The standard InChI is InChI=1S/C17H20N4O3/c1-11-10-21(7-8-24-11)15(22)9-13-12(2)19-16(20-17(13)23)14-5-3-4-6-18-14/h3-6,11H,7-10H2,1-2H3,(H,19,20,23)/t11-/m0/s1. The summed E-state index contributed by atoms with van der Waals surface area (Å²) in [6, 6.07) is 5.40. The van der Waals surface area contributed by atoms with E-state index in [0.29, 0.717) is 42.5 Å². The second-order valence-corrected chi connectivity index (χ2v) is 5.89. The van der Waals surface area contributed by atoms with Crippen molar-refractivity contribution in [3.8, 4) is 11.5 Å². The lowest BCUT2D eigenvalue weighted by molar-refractivity contribution is -0.137. The number of aromatic amines is 1. The van der Waals surface area contributed by atoms with Gasteiger partial charge in [-0.15, -0.1) is 0 Å². The molecule has 3 heterocycles. The van der Waals surface area contributed by atoms with Crippen LogP contribution < -0.4 is 5.56 Å². The Kier molecular flexibility index (Phi) is 4.71. The normalized spacial score (nSPS) is 17.8. The second-order valence-electron chi connectivity index (χ2n) is 5.89. The summed E-state index contributed by atoms with van der Waals surface area (Å²) in [7, 11) is 0. The van der Waals surface area contributed by atoms with E-state index in [4.69, 9.17) is 4.74 Å². The lowest BCUT2D eigenvalue weighted by Crippen LogP contribution is -2.45. The predicted octanol–water partition coefficient (Wildman–Crippen LogP) is 0.930. The average molecular weight is 328 g/mol. The van der Waals surface area contributed by atoms with Crippen LogP contribution in [0.5, 0.6) is 0 Å². The molecule has 1 atom stereocenters. The van der Waals surface area contributed by atoms with Gasteiger partial charge in [-0.1, -0.05) is 6.07 Å². The number of hydrogen-bond acceptors (Lipinski definition) is 5. The molecule has 2 aromatic heterocycles. The Morgan fingerprint density at radius 1 is 1.46 bits per heavy atom. The van der Waals surface area contributed by atoms with Crippen molar-refractivity contribution in [3.63, 3.8) is 0 Å². The van der Waals surface area contributed by atoms with Crippen LogP contribution >= 0.6 is 0 Å². The smallest absolute Gasteiger partial charge is 0.255 e. The third kappa shape index (κ3) is 3.51. The molecule has 0 aliphatic carbocycles. The summed E-state index contributed by atoms with van der Waals surface area (Å²) in [4.78, 5) is 37.9. The minimum absolute atomic E-state index is 0.0201. The fourth-order valence-electron chi connectivity index (χ4n) is 2.75. The molecule has 7 nitrogen and oxygen atoms in total. The quantitative estimate of drug-likeness (QED) is 0.905. The van der Waals surface area contributed by atoms with E-state index in [1.54, 1.807) is 30.2 Å². The molecule has 0 spiro atoms. The van der Waals surface area contributed by atoms with Crippen LogP contribution in [0.1, 0.15) is 18.2 Å². The molecule has 0 aromatic carbocycles. The van der Waals surface area contributed by atoms with E-state index in [-0.39, 0.29) is 24.0 Å². The van der Waals surface area contributed by atoms with Crippen molar-refractivity contribution in [1.82, 2.24) is 19.9 Å². The number of rotatable bonds is 3. The maximum Gasteiger partial charge on any atom is 0.255 e. The van der Waals surface area contributed by atoms with Crippen LogP contribution in [-0.4, -0.2) is 51.6 Å². The van der Waals surface area contributed by atoms with Crippen molar-refractivity contribution < 1.29 is 9.53 Å². The summed E-state index contributed by atoms with van der Waals surface area (Å²) in [5, 5.41) is 0. The highest BCUT2D eigenvalue weighted by atomic mass is 16.5. The van der Waals surface area contributed by atoms with Crippen molar-refractivity contribution in [3.05, 3.63) is 46.0 Å². The molecule has 1 amide bonds. The number of aryl methyl sites for hydroxylation is 1. The third-order valence-electron chi connectivity index (χ3n) is 4.05. The van der Waals surface area contributed by atoms with Gasteiger partial charge in [-0.05, 0) is 26.0 Å². The van der Waals surface area contributed by atoms with E-state index in [0.717, 1.165) is 0 Å². The zero-order chi connectivity index (χ0) is 17.1. The number of morpholine rings is 1. The van der Waals surface area contributed by atoms with Crippen molar-refractivity contribution in [2.45, 2.75) is 26.4 Å². The number of carbonyl (C=O) groups is 1.